The summed E-state index contributed by atoms with van der Waals surface area (Å²) in [5.41, 5.74) is 0. The Balaban J connectivity index is 2.05. The lowest BCUT2D eigenvalue weighted by Crippen LogP contribution is -2.53. The van der Waals surface area contributed by atoms with E-state index in [4.69, 9.17) is 9.47 Å². The molecule has 1 fully saturated rings. The molecule has 1 heterocycles. The smallest absolute Gasteiger partial charge is 0.186 e. The van der Waals surface area contributed by atoms with Crippen LogP contribution in [0.3, 0.4) is 0 Å². The SMILES string of the molecule is CCCCCCCCOC1OCC(O)C(O)C1O. The maximum atomic E-state index is 9.62. The van der Waals surface area contributed by atoms with Gasteiger partial charge in [0.1, 0.15) is 18.3 Å². The van der Waals surface area contributed by atoms with E-state index in [1.165, 1.54) is 25.7 Å². The Kier molecular flexibility index (Phi) is 7.77. The summed E-state index contributed by atoms with van der Waals surface area (Å²) in [5, 5.41) is 28.3. The minimum atomic E-state index is -1.19. The summed E-state index contributed by atoms with van der Waals surface area (Å²) >= 11 is 0. The Bertz CT molecular complexity index is 212. The number of hydrogen-bond acceptors (Lipinski definition) is 5. The average Bonchev–Trinajstić information content (AvgIpc) is 2.37. The van der Waals surface area contributed by atoms with Crippen molar-refractivity contribution in [2.45, 2.75) is 70.1 Å². The summed E-state index contributed by atoms with van der Waals surface area (Å²) in [6.07, 6.45) is 2.78. The van der Waals surface area contributed by atoms with Crippen LogP contribution in [0.1, 0.15) is 45.4 Å². The summed E-state index contributed by atoms with van der Waals surface area (Å²) in [6.45, 7) is 2.70. The third-order valence-electron chi connectivity index (χ3n) is 3.23. The predicted octanol–water partition coefficient (Wildman–Crippen LogP) is 0.802. The van der Waals surface area contributed by atoms with Gasteiger partial charge in [-0.3, -0.25) is 0 Å². The Morgan fingerprint density at radius 1 is 1.00 bits per heavy atom. The number of unbranched alkanes of at least 4 members (excludes halogenated alkanes) is 5. The zero-order valence-corrected chi connectivity index (χ0v) is 11.1. The van der Waals surface area contributed by atoms with Gasteiger partial charge in [0, 0.05) is 6.61 Å². The Morgan fingerprint density at radius 3 is 2.39 bits per heavy atom. The molecule has 0 aromatic rings. The molecule has 5 nitrogen and oxygen atoms in total. The average molecular weight is 262 g/mol. The van der Waals surface area contributed by atoms with Gasteiger partial charge in [0.25, 0.3) is 0 Å². The fourth-order valence-electron chi connectivity index (χ4n) is 2.01. The van der Waals surface area contributed by atoms with Crippen LogP contribution in [0.25, 0.3) is 0 Å². The van der Waals surface area contributed by atoms with E-state index in [0.29, 0.717) is 6.61 Å². The first-order chi connectivity index (χ1) is 8.66. The Labute approximate surface area is 109 Å². The van der Waals surface area contributed by atoms with E-state index in [9.17, 15) is 15.3 Å². The molecule has 1 rings (SSSR count). The van der Waals surface area contributed by atoms with Gasteiger partial charge in [0.15, 0.2) is 6.29 Å². The summed E-state index contributed by atoms with van der Waals surface area (Å²) in [7, 11) is 0. The van der Waals surface area contributed by atoms with Crippen LogP contribution < -0.4 is 0 Å². The highest BCUT2D eigenvalue weighted by molar-refractivity contribution is 4.82. The number of aliphatic hydroxyl groups is 3. The van der Waals surface area contributed by atoms with Crippen molar-refractivity contribution < 1.29 is 24.8 Å². The first-order valence-corrected chi connectivity index (χ1v) is 6.94. The van der Waals surface area contributed by atoms with Crippen molar-refractivity contribution in [3.63, 3.8) is 0 Å². The van der Waals surface area contributed by atoms with Gasteiger partial charge in [-0.25, -0.2) is 0 Å². The molecule has 0 bridgehead atoms. The molecule has 1 aliphatic rings. The van der Waals surface area contributed by atoms with Crippen molar-refractivity contribution in [3.05, 3.63) is 0 Å². The van der Waals surface area contributed by atoms with E-state index < -0.39 is 24.6 Å². The van der Waals surface area contributed by atoms with Gasteiger partial charge in [-0.15, -0.1) is 0 Å². The summed E-state index contributed by atoms with van der Waals surface area (Å²) in [5.74, 6) is 0. The van der Waals surface area contributed by atoms with Crippen LogP contribution in [0.2, 0.25) is 0 Å². The molecule has 4 unspecified atom stereocenters. The van der Waals surface area contributed by atoms with Gasteiger partial charge in [-0.2, -0.15) is 0 Å². The largest absolute Gasteiger partial charge is 0.388 e. The van der Waals surface area contributed by atoms with Crippen LogP contribution in [-0.4, -0.2) is 53.1 Å². The van der Waals surface area contributed by atoms with Crippen molar-refractivity contribution in [3.8, 4) is 0 Å². The lowest BCUT2D eigenvalue weighted by molar-refractivity contribution is -0.270. The number of rotatable bonds is 8. The van der Waals surface area contributed by atoms with Crippen LogP contribution in [0.15, 0.2) is 0 Å². The molecular formula is C13H26O5. The van der Waals surface area contributed by atoms with Gasteiger partial charge >= 0.3 is 0 Å². The number of ether oxygens (including phenoxy) is 2. The predicted molar refractivity (Wildman–Crippen MR) is 67.1 cm³/mol. The lowest BCUT2D eigenvalue weighted by atomic mass is 10.1. The first-order valence-electron chi connectivity index (χ1n) is 6.94. The minimum Gasteiger partial charge on any atom is -0.388 e. The summed E-state index contributed by atoms with van der Waals surface area (Å²) in [6, 6.07) is 0. The van der Waals surface area contributed by atoms with Gasteiger partial charge in [-0.05, 0) is 6.42 Å². The molecule has 5 heteroatoms. The van der Waals surface area contributed by atoms with E-state index in [2.05, 4.69) is 6.92 Å². The molecule has 1 saturated heterocycles. The second-order valence-electron chi connectivity index (χ2n) is 4.89. The first kappa shape index (κ1) is 15.9. The third-order valence-corrected chi connectivity index (χ3v) is 3.23. The van der Waals surface area contributed by atoms with Crippen molar-refractivity contribution in [2.24, 2.45) is 0 Å². The van der Waals surface area contributed by atoms with Gasteiger partial charge in [-0.1, -0.05) is 39.0 Å². The fourth-order valence-corrected chi connectivity index (χ4v) is 2.01. The maximum absolute atomic E-state index is 9.62. The normalized spacial score (nSPS) is 32.7. The van der Waals surface area contributed by atoms with Crippen LogP contribution in [0, 0.1) is 0 Å². The lowest BCUT2D eigenvalue weighted by Gasteiger charge is -2.34. The van der Waals surface area contributed by atoms with Crippen LogP contribution in [0.4, 0.5) is 0 Å². The molecule has 0 saturated carbocycles. The highest BCUT2D eigenvalue weighted by atomic mass is 16.7. The van der Waals surface area contributed by atoms with Gasteiger partial charge < -0.3 is 24.8 Å². The van der Waals surface area contributed by atoms with Crippen LogP contribution in [0.5, 0.6) is 0 Å². The van der Waals surface area contributed by atoms with Crippen molar-refractivity contribution >= 4 is 0 Å². The van der Waals surface area contributed by atoms with E-state index >= 15 is 0 Å². The second-order valence-corrected chi connectivity index (χ2v) is 4.89. The minimum absolute atomic E-state index is 0.000602. The fraction of sp³-hybridized carbons (Fsp3) is 1.00. The van der Waals surface area contributed by atoms with Gasteiger partial charge in [0.05, 0.1) is 6.61 Å². The van der Waals surface area contributed by atoms with E-state index in [0.717, 1.165) is 12.8 Å². The molecule has 0 aromatic carbocycles. The van der Waals surface area contributed by atoms with Gasteiger partial charge in [0.2, 0.25) is 0 Å². The van der Waals surface area contributed by atoms with Crippen molar-refractivity contribution in [2.75, 3.05) is 13.2 Å². The molecule has 1 aliphatic heterocycles. The van der Waals surface area contributed by atoms with E-state index in [-0.39, 0.29) is 6.61 Å². The number of aliphatic hydroxyl groups excluding tert-OH is 3. The summed E-state index contributed by atoms with van der Waals surface area (Å²) < 4.78 is 10.5. The van der Waals surface area contributed by atoms with E-state index in [1.807, 2.05) is 0 Å². The molecule has 0 aromatic heterocycles. The molecule has 0 amide bonds. The molecular weight excluding hydrogens is 236 g/mol. The molecule has 0 radical (unpaired) electrons. The monoisotopic (exact) mass is 262 g/mol. The molecule has 0 spiro atoms. The molecule has 18 heavy (non-hydrogen) atoms. The number of hydrogen-bond donors (Lipinski definition) is 3. The quantitative estimate of drug-likeness (QED) is 0.564. The van der Waals surface area contributed by atoms with Crippen molar-refractivity contribution in [1.29, 1.82) is 0 Å². The standard InChI is InChI=1S/C13H26O5/c1-2-3-4-5-6-7-8-17-13-12(16)11(15)10(14)9-18-13/h10-16H,2-9H2,1H3. The molecule has 108 valence electrons. The molecule has 4 atom stereocenters. The zero-order valence-electron chi connectivity index (χ0n) is 11.1. The Hall–Kier alpha value is -0.200. The third kappa shape index (κ3) is 5.20. The zero-order chi connectivity index (χ0) is 13.4. The highest BCUT2D eigenvalue weighted by Gasteiger charge is 2.37. The van der Waals surface area contributed by atoms with E-state index in [1.54, 1.807) is 0 Å². The second kappa shape index (κ2) is 8.82. The highest BCUT2D eigenvalue weighted by Crippen LogP contribution is 2.17. The molecule has 0 aliphatic carbocycles. The van der Waals surface area contributed by atoms with Crippen LogP contribution >= 0.6 is 0 Å². The molecule has 3 N–H and O–H groups in total. The topological polar surface area (TPSA) is 79.2 Å². The van der Waals surface area contributed by atoms with Crippen LogP contribution in [-0.2, 0) is 9.47 Å². The maximum Gasteiger partial charge on any atom is 0.186 e. The Morgan fingerprint density at radius 2 is 1.67 bits per heavy atom. The summed E-state index contributed by atoms with van der Waals surface area (Å²) in [4.78, 5) is 0. The van der Waals surface area contributed by atoms with Crippen molar-refractivity contribution in [1.82, 2.24) is 0 Å².